The number of carbonyl (C=O) groups is 2. The minimum absolute atomic E-state index is 0.149. The second-order valence-corrected chi connectivity index (χ2v) is 7.48. The van der Waals surface area contributed by atoms with Gasteiger partial charge in [0, 0.05) is 11.3 Å². The van der Waals surface area contributed by atoms with Gasteiger partial charge in [0.2, 0.25) is 5.75 Å². The van der Waals surface area contributed by atoms with E-state index in [-0.39, 0.29) is 11.3 Å². The van der Waals surface area contributed by atoms with E-state index in [4.69, 9.17) is 14.2 Å². The van der Waals surface area contributed by atoms with Gasteiger partial charge < -0.3 is 24.2 Å². The van der Waals surface area contributed by atoms with Crippen molar-refractivity contribution in [3.05, 3.63) is 17.7 Å². The van der Waals surface area contributed by atoms with E-state index in [0.717, 1.165) is 25.7 Å². The van der Waals surface area contributed by atoms with Gasteiger partial charge in [-0.2, -0.15) is 0 Å². The number of carbonyl (C=O) groups excluding carboxylic acids is 1. The zero-order valence-corrected chi connectivity index (χ0v) is 17.0. The number of unbranched alkanes of at least 4 members (excludes halogenated alkanes) is 2. The molecule has 8 heteroatoms. The van der Waals surface area contributed by atoms with Crippen LogP contribution in [0, 0.1) is 0 Å². The number of hydrogen-bond acceptors (Lipinski definition) is 6. The summed E-state index contributed by atoms with van der Waals surface area (Å²) in [5.74, 6) is 0.182. The van der Waals surface area contributed by atoms with Gasteiger partial charge in [0.05, 0.1) is 26.7 Å². The number of methoxy groups -OCH3 is 3. The number of nitrogens with zero attached hydrogens (tertiary/aromatic N) is 1. The van der Waals surface area contributed by atoms with Crippen LogP contribution in [-0.4, -0.2) is 60.4 Å². The fraction of sp³-hybridized carbons (Fsp3) is 0.579. The van der Waals surface area contributed by atoms with E-state index in [9.17, 15) is 14.7 Å². The van der Waals surface area contributed by atoms with Crippen LogP contribution in [0.5, 0.6) is 17.2 Å². The summed E-state index contributed by atoms with van der Waals surface area (Å²) >= 11 is 1.52. The number of rotatable bonds is 9. The molecule has 1 amide bonds. The average molecular weight is 397 g/mol. The molecule has 1 aliphatic heterocycles. The minimum Gasteiger partial charge on any atom is -0.493 e. The van der Waals surface area contributed by atoms with Gasteiger partial charge >= 0.3 is 5.97 Å². The van der Waals surface area contributed by atoms with Crippen LogP contribution in [-0.2, 0) is 4.79 Å². The largest absolute Gasteiger partial charge is 0.493 e. The average Bonchev–Trinajstić information content (AvgIpc) is 3.10. The molecule has 150 valence electrons. The van der Waals surface area contributed by atoms with E-state index in [1.165, 1.54) is 38.0 Å². The maximum absolute atomic E-state index is 13.2. The minimum atomic E-state index is -0.985. The van der Waals surface area contributed by atoms with E-state index < -0.39 is 12.0 Å². The zero-order valence-electron chi connectivity index (χ0n) is 16.2. The summed E-state index contributed by atoms with van der Waals surface area (Å²) in [6.45, 7) is 2.11. The van der Waals surface area contributed by atoms with E-state index in [2.05, 4.69) is 6.92 Å². The first-order valence-corrected chi connectivity index (χ1v) is 10.00. The third kappa shape index (κ3) is 4.61. The molecule has 7 nitrogen and oxygen atoms in total. The van der Waals surface area contributed by atoms with Crippen molar-refractivity contribution in [1.29, 1.82) is 0 Å². The number of carboxylic acids is 1. The number of thioether (sulfide) groups is 1. The van der Waals surface area contributed by atoms with Crippen LogP contribution in [0.1, 0.15) is 43.0 Å². The summed E-state index contributed by atoms with van der Waals surface area (Å²) in [4.78, 5) is 26.4. The molecule has 1 aromatic rings. The molecule has 1 N–H and O–H groups in total. The van der Waals surface area contributed by atoms with Crippen LogP contribution in [0.2, 0.25) is 0 Å². The summed E-state index contributed by atoms with van der Waals surface area (Å²) in [5.41, 5.74) is 0.318. The van der Waals surface area contributed by atoms with Gasteiger partial charge in [-0.15, -0.1) is 11.8 Å². The molecule has 1 fully saturated rings. The standard InChI is InChI=1S/C19H27NO6S/c1-5-6-7-8-16-20(13(11-27-16)19(22)23)18(21)12-9-14(24-2)17(26-4)15(10-12)25-3/h9-10,13,16H,5-8,11H2,1-4H3,(H,22,23)/t13-,16-/m1/s1. The fourth-order valence-corrected chi connectivity index (χ4v) is 4.62. The Kier molecular flexibility index (Phi) is 7.65. The third-order valence-corrected chi connectivity index (χ3v) is 5.93. The number of carboxylic acid groups (broad SMARTS) is 1. The summed E-state index contributed by atoms with van der Waals surface area (Å²) < 4.78 is 15.9. The quantitative estimate of drug-likeness (QED) is 0.640. The van der Waals surface area contributed by atoms with Gasteiger partial charge in [0.25, 0.3) is 5.91 Å². The Morgan fingerprint density at radius 1 is 1.15 bits per heavy atom. The van der Waals surface area contributed by atoms with Crippen LogP contribution in [0.4, 0.5) is 0 Å². The van der Waals surface area contributed by atoms with Crippen molar-refractivity contribution >= 4 is 23.6 Å². The van der Waals surface area contributed by atoms with Crippen molar-refractivity contribution < 1.29 is 28.9 Å². The number of benzene rings is 1. The van der Waals surface area contributed by atoms with E-state index in [1.807, 2.05) is 0 Å². The molecule has 0 aliphatic carbocycles. The van der Waals surface area contributed by atoms with Crippen LogP contribution >= 0.6 is 11.8 Å². The van der Waals surface area contributed by atoms with Gasteiger partial charge in [-0.05, 0) is 18.6 Å². The molecule has 1 heterocycles. The van der Waals surface area contributed by atoms with Crippen molar-refractivity contribution in [1.82, 2.24) is 4.90 Å². The molecule has 0 radical (unpaired) electrons. The third-order valence-electron chi connectivity index (χ3n) is 4.58. The van der Waals surface area contributed by atoms with Crippen LogP contribution in [0.3, 0.4) is 0 Å². The first kappa shape index (κ1) is 21.2. The molecule has 1 saturated heterocycles. The van der Waals surface area contributed by atoms with Crippen LogP contribution in [0.15, 0.2) is 12.1 Å². The summed E-state index contributed by atoms with van der Waals surface area (Å²) in [7, 11) is 4.44. The first-order valence-electron chi connectivity index (χ1n) is 8.95. The lowest BCUT2D eigenvalue weighted by Crippen LogP contribution is -2.45. The van der Waals surface area contributed by atoms with Crippen molar-refractivity contribution in [3.8, 4) is 17.2 Å². The molecule has 0 saturated carbocycles. The van der Waals surface area contributed by atoms with Crippen LogP contribution < -0.4 is 14.2 Å². The maximum atomic E-state index is 13.2. The zero-order chi connectivity index (χ0) is 20.0. The maximum Gasteiger partial charge on any atom is 0.327 e. The smallest absolute Gasteiger partial charge is 0.327 e. The predicted molar refractivity (Wildman–Crippen MR) is 104 cm³/mol. The highest BCUT2D eigenvalue weighted by atomic mass is 32.2. The molecule has 0 aromatic heterocycles. The van der Waals surface area contributed by atoms with Crippen LogP contribution in [0.25, 0.3) is 0 Å². The summed E-state index contributed by atoms with van der Waals surface area (Å²) in [6.07, 6.45) is 3.86. The van der Waals surface area contributed by atoms with Crippen molar-refractivity contribution in [3.63, 3.8) is 0 Å². The summed E-state index contributed by atoms with van der Waals surface area (Å²) in [6, 6.07) is 2.29. The van der Waals surface area contributed by atoms with E-state index >= 15 is 0 Å². The highest BCUT2D eigenvalue weighted by molar-refractivity contribution is 8.00. The van der Waals surface area contributed by atoms with Gasteiger partial charge in [-0.25, -0.2) is 4.79 Å². The van der Waals surface area contributed by atoms with Crippen molar-refractivity contribution in [2.75, 3.05) is 27.1 Å². The number of hydrogen-bond donors (Lipinski definition) is 1. The monoisotopic (exact) mass is 397 g/mol. The molecule has 2 rings (SSSR count). The molecular weight excluding hydrogens is 370 g/mol. The van der Waals surface area contributed by atoms with E-state index in [1.54, 1.807) is 12.1 Å². The highest BCUT2D eigenvalue weighted by Gasteiger charge is 2.42. The molecule has 0 spiro atoms. The Bertz CT molecular complexity index is 655. The molecule has 0 unspecified atom stereocenters. The summed E-state index contributed by atoms with van der Waals surface area (Å²) in [5, 5.41) is 9.43. The highest BCUT2D eigenvalue weighted by Crippen LogP contribution is 2.40. The Labute approximate surface area is 164 Å². The molecule has 27 heavy (non-hydrogen) atoms. The first-order chi connectivity index (χ1) is 13.0. The molecule has 1 aromatic carbocycles. The molecule has 1 aliphatic rings. The molecule has 0 bridgehead atoms. The van der Waals surface area contributed by atoms with Crippen molar-refractivity contribution in [2.24, 2.45) is 0 Å². The Hall–Kier alpha value is -2.09. The lowest BCUT2D eigenvalue weighted by molar-refractivity contribution is -0.141. The van der Waals surface area contributed by atoms with Gasteiger partial charge in [0.15, 0.2) is 11.5 Å². The second-order valence-electron chi connectivity index (χ2n) is 6.26. The lowest BCUT2D eigenvalue weighted by atomic mass is 10.1. The fourth-order valence-electron chi connectivity index (χ4n) is 3.17. The van der Waals surface area contributed by atoms with Gasteiger partial charge in [-0.1, -0.05) is 26.2 Å². The van der Waals surface area contributed by atoms with Gasteiger partial charge in [-0.3, -0.25) is 4.79 Å². The lowest BCUT2D eigenvalue weighted by Gasteiger charge is -2.28. The SMILES string of the molecule is CCCCC[C@H]1SC[C@H](C(=O)O)N1C(=O)c1cc(OC)c(OC)c(OC)c1. The number of aliphatic carboxylic acids is 1. The normalized spacial score (nSPS) is 19.0. The van der Waals surface area contributed by atoms with Gasteiger partial charge in [0.1, 0.15) is 6.04 Å². The second kappa shape index (κ2) is 9.73. The topological polar surface area (TPSA) is 85.3 Å². The molecule has 2 atom stereocenters. The number of ether oxygens (including phenoxy) is 3. The van der Waals surface area contributed by atoms with E-state index in [0.29, 0.717) is 28.6 Å². The predicted octanol–water partition coefficient (Wildman–Crippen LogP) is 3.26. The Morgan fingerprint density at radius 3 is 2.26 bits per heavy atom. The Morgan fingerprint density at radius 2 is 1.78 bits per heavy atom. The van der Waals surface area contributed by atoms with Crippen molar-refractivity contribution in [2.45, 2.75) is 44.0 Å². The Balaban J connectivity index is 2.37. The number of amides is 1. The molecular formula is C19H27NO6S.